The van der Waals surface area contributed by atoms with Crippen molar-refractivity contribution in [3.8, 4) is 11.4 Å². The second kappa shape index (κ2) is 8.43. The Morgan fingerprint density at radius 1 is 1.35 bits per heavy atom. The van der Waals surface area contributed by atoms with Gasteiger partial charge in [-0.2, -0.15) is 5.10 Å². The van der Waals surface area contributed by atoms with E-state index in [1.165, 1.54) is 0 Å². The Hall–Kier alpha value is -2.21. The van der Waals surface area contributed by atoms with Crippen LogP contribution in [-0.4, -0.2) is 34.3 Å². The highest BCUT2D eigenvalue weighted by Crippen LogP contribution is 2.26. The zero-order chi connectivity index (χ0) is 16.7. The van der Waals surface area contributed by atoms with Gasteiger partial charge in [0.25, 0.3) is 0 Å². The van der Waals surface area contributed by atoms with Gasteiger partial charge >= 0.3 is 0 Å². The molecule has 0 spiro atoms. The first kappa shape index (κ1) is 17.1. The number of aromatic amines is 1. The number of rotatable bonds is 8. The molecular formula is C17H24N4O2. The Kier molecular flexibility index (Phi) is 6.29. The number of carbonyl (C=O) groups is 1. The average molecular weight is 316 g/mol. The Morgan fingerprint density at radius 2 is 2.13 bits per heavy atom. The highest BCUT2D eigenvalue weighted by atomic mass is 16.5. The summed E-state index contributed by atoms with van der Waals surface area (Å²) < 4.78 is 5.25. The van der Waals surface area contributed by atoms with E-state index in [9.17, 15) is 4.79 Å². The number of hydrogen-bond acceptors (Lipinski definition) is 4. The SMILES string of the molecule is CCOCCCC(=O)Nc1ccccc1-c1n[nH]c(C(C)C)n1. The molecule has 124 valence electrons. The van der Waals surface area contributed by atoms with Crippen molar-refractivity contribution in [2.45, 2.75) is 39.5 Å². The minimum atomic E-state index is -0.0308. The van der Waals surface area contributed by atoms with Gasteiger partial charge in [0.15, 0.2) is 5.82 Å². The lowest BCUT2D eigenvalue weighted by molar-refractivity contribution is -0.116. The highest BCUT2D eigenvalue weighted by Gasteiger charge is 2.13. The number of benzene rings is 1. The van der Waals surface area contributed by atoms with Crippen molar-refractivity contribution in [3.05, 3.63) is 30.1 Å². The van der Waals surface area contributed by atoms with Gasteiger partial charge in [0.05, 0.1) is 5.69 Å². The summed E-state index contributed by atoms with van der Waals surface area (Å²) in [6, 6.07) is 7.56. The van der Waals surface area contributed by atoms with Crippen LogP contribution in [0.3, 0.4) is 0 Å². The van der Waals surface area contributed by atoms with Crippen LogP contribution in [0.25, 0.3) is 11.4 Å². The molecular weight excluding hydrogens is 292 g/mol. The van der Waals surface area contributed by atoms with Crippen molar-refractivity contribution < 1.29 is 9.53 Å². The van der Waals surface area contributed by atoms with Crippen LogP contribution in [0.15, 0.2) is 24.3 Å². The molecule has 0 radical (unpaired) electrons. The molecule has 6 heteroatoms. The topological polar surface area (TPSA) is 79.9 Å². The van der Waals surface area contributed by atoms with Crippen molar-refractivity contribution in [1.82, 2.24) is 15.2 Å². The highest BCUT2D eigenvalue weighted by molar-refractivity contribution is 5.94. The van der Waals surface area contributed by atoms with Crippen LogP contribution < -0.4 is 5.32 Å². The average Bonchev–Trinajstić information content (AvgIpc) is 3.02. The van der Waals surface area contributed by atoms with Crippen LogP contribution in [0.2, 0.25) is 0 Å². The van der Waals surface area contributed by atoms with E-state index in [1.54, 1.807) is 0 Å². The number of ether oxygens (including phenoxy) is 1. The molecule has 2 N–H and O–H groups in total. The Morgan fingerprint density at radius 3 is 2.83 bits per heavy atom. The van der Waals surface area contributed by atoms with Crippen LogP contribution >= 0.6 is 0 Å². The third-order valence-electron chi connectivity index (χ3n) is 3.39. The first-order valence-corrected chi connectivity index (χ1v) is 8.01. The Balaban J connectivity index is 2.06. The van der Waals surface area contributed by atoms with Crippen molar-refractivity contribution in [1.29, 1.82) is 0 Å². The van der Waals surface area contributed by atoms with Crippen molar-refractivity contribution in [2.75, 3.05) is 18.5 Å². The molecule has 0 bridgehead atoms. The smallest absolute Gasteiger partial charge is 0.224 e. The zero-order valence-corrected chi connectivity index (χ0v) is 13.9. The molecule has 6 nitrogen and oxygen atoms in total. The van der Waals surface area contributed by atoms with Gasteiger partial charge in [-0.05, 0) is 25.5 Å². The van der Waals surface area contributed by atoms with Gasteiger partial charge in [-0.15, -0.1) is 0 Å². The van der Waals surface area contributed by atoms with Gasteiger partial charge < -0.3 is 10.1 Å². The van der Waals surface area contributed by atoms with Gasteiger partial charge in [0.2, 0.25) is 5.91 Å². The third kappa shape index (κ3) is 4.89. The van der Waals surface area contributed by atoms with Crippen LogP contribution in [0.4, 0.5) is 5.69 Å². The molecule has 0 aliphatic heterocycles. The quantitative estimate of drug-likeness (QED) is 0.732. The van der Waals surface area contributed by atoms with Crippen molar-refractivity contribution >= 4 is 11.6 Å². The van der Waals surface area contributed by atoms with E-state index in [4.69, 9.17) is 4.74 Å². The van der Waals surface area contributed by atoms with Crippen molar-refractivity contribution in [3.63, 3.8) is 0 Å². The number of hydrogen-bond donors (Lipinski definition) is 2. The number of carbonyl (C=O) groups excluding carboxylic acids is 1. The number of H-pyrrole nitrogens is 1. The van der Waals surface area contributed by atoms with E-state index >= 15 is 0 Å². The van der Waals surface area contributed by atoms with Gasteiger partial charge in [-0.25, -0.2) is 4.98 Å². The first-order chi connectivity index (χ1) is 11.1. The van der Waals surface area contributed by atoms with E-state index in [0.29, 0.717) is 31.9 Å². The van der Waals surface area contributed by atoms with E-state index in [0.717, 1.165) is 17.1 Å². The van der Waals surface area contributed by atoms with Crippen LogP contribution in [0.1, 0.15) is 45.4 Å². The van der Waals surface area contributed by atoms with E-state index in [-0.39, 0.29) is 11.8 Å². The molecule has 0 aliphatic carbocycles. The van der Waals surface area contributed by atoms with E-state index in [1.807, 2.05) is 31.2 Å². The maximum Gasteiger partial charge on any atom is 0.224 e. The number of nitrogens with zero attached hydrogens (tertiary/aromatic N) is 2. The second-order valence-corrected chi connectivity index (χ2v) is 5.59. The fourth-order valence-electron chi connectivity index (χ4n) is 2.13. The number of para-hydroxylation sites is 1. The fourth-order valence-corrected chi connectivity index (χ4v) is 2.13. The lowest BCUT2D eigenvalue weighted by atomic mass is 10.1. The molecule has 0 aliphatic rings. The lowest BCUT2D eigenvalue weighted by Gasteiger charge is -2.09. The summed E-state index contributed by atoms with van der Waals surface area (Å²) in [6.07, 6.45) is 1.14. The number of aromatic nitrogens is 3. The maximum atomic E-state index is 12.1. The normalized spacial score (nSPS) is 11.0. The summed E-state index contributed by atoms with van der Waals surface area (Å²) in [6.45, 7) is 7.32. The predicted octanol–water partition coefficient (Wildman–Crippen LogP) is 3.35. The second-order valence-electron chi connectivity index (χ2n) is 5.59. The largest absolute Gasteiger partial charge is 0.382 e. The van der Waals surface area contributed by atoms with Crippen LogP contribution in [-0.2, 0) is 9.53 Å². The molecule has 0 unspecified atom stereocenters. The first-order valence-electron chi connectivity index (χ1n) is 8.01. The Labute approximate surface area is 136 Å². The maximum absolute atomic E-state index is 12.1. The molecule has 0 saturated heterocycles. The summed E-state index contributed by atoms with van der Waals surface area (Å²) in [5.41, 5.74) is 1.54. The van der Waals surface area contributed by atoms with Crippen molar-refractivity contribution in [2.24, 2.45) is 0 Å². The minimum absolute atomic E-state index is 0.0308. The number of anilines is 1. The molecule has 1 aromatic heterocycles. The molecule has 2 rings (SSSR count). The van der Waals surface area contributed by atoms with Gasteiger partial charge in [0.1, 0.15) is 5.82 Å². The van der Waals surface area contributed by atoms with Gasteiger partial charge in [-0.3, -0.25) is 9.89 Å². The third-order valence-corrected chi connectivity index (χ3v) is 3.39. The minimum Gasteiger partial charge on any atom is -0.382 e. The fraction of sp³-hybridized carbons (Fsp3) is 0.471. The van der Waals surface area contributed by atoms with Gasteiger partial charge in [-0.1, -0.05) is 26.0 Å². The monoisotopic (exact) mass is 316 g/mol. The lowest BCUT2D eigenvalue weighted by Crippen LogP contribution is -2.13. The summed E-state index contributed by atoms with van der Waals surface area (Å²) >= 11 is 0. The molecule has 1 amide bonds. The molecule has 0 atom stereocenters. The summed E-state index contributed by atoms with van der Waals surface area (Å²) in [5.74, 6) is 1.67. The summed E-state index contributed by atoms with van der Waals surface area (Å²) in [7, 11) is 0. The van der Waals surface area contributed by atoms with Crippen LogP contribution in [0, 0.1) is 0 Å². The molecule has 23 heavy (non-hydrogen) atoms. The molecule has 0 saturated carbocycles. The molecule has 2 aromatic rings. The predicted molar refractivity (Wildman–Crippen MR) is 90.3 cm³/mol. The van der Waals surface area contributed by atoms with E-state index < -0.39 is 0 Å². The summed E-state index contributed by atoms with van der Waals surface area (Å²) in [4.78, 5) is 16.6. The van der Waals surface area contributed by atoms with E-state index in [2.05, 4.69) is 34.3 Å². The summed E-state index contributed by atoms with van der Waals surface area (Å²) in [5, 5.41) is 10.1. The number of amides is 1. The number of nitrogens with one attached hydrogen (secondary N) is 2. The standard InChI is InChI=1S/C17H24N4O2/c1-4-23-11-7-10-15(22)18-14-9-6-5-8-13(14)17-19-16(12(2)3)20-21-17/h5-6,8-9,12H,4,7,10-11H2,1-3H3,(H,18,22)(H,19,20,21). The molecule has 0 fully saturated rings. The molecule has 1 heterocycles. The van der Waals surface area contributed by atoms with Gasteiger partial charge in [0, 0.05) is 31.1 Å². The Bertz CT molecular complexity index is 637. The zero-order valence-electron chi connectivity index (χ0n) is 13.9. The van der Waals surface area contributed by atoms with Crippen LogP contribution in [0.5, 0.6) is 0 Å². The molecule has 1 aromatic carbocycles.